The first-order valence-electron chi connectivity index (χ1n) is 34.0. The van der Waals surface area contributed by atoms with Crippen molar-refractivity contribution in [1.29, 1.82) is 0 Å². The van der Waals surface area contributed by atoms with Crippen molar-refractivity contribution < 1.29 is 0 Å². The lowest BCUT2D eigenvalue weighted by Crippen LogP contribution is -2.29. The summed E-state index contributed by atoms with van der Waals surface area (Å²) in [6.07, 6.45) is 0. The fourth-order valence-corrected chi connectivity index (χ4v) is 15.6. The van der Waals surface area contributed by atoms with Gasteiger partial charge in [0.2, 0.25) is 0 Å². The first kappa shape index (κ1) is 58.2. The topological polar surface area (TPSA) is 22.8 Å². The largest absolute Gasteiger partial charge is 0.309 e. The maximum atomic E-state index is 5.27. The third-order valence-corrected chi connectivity index (χ3v) is 20.4. The lowest BCUT2D eigenvalue weighted by Gasteiger charge is -2.40. The Bertz CT molecular complexity index is 5560. The normalized spacial score (nSPS) is 13.2. The smallest absolute Gasteiger partial charge is 0.145 e. The number of benzene rings is 15. The van der Waals surface area contributed by atoms with Gasteiger partial charge in [0.15, 0.2) is 0 Å². The van der Waals surface area contributed by atoms with E-state index >= 15 is 0 Å². The van der Waals surface area contributed by atoms with Gasteiger partial charge in [-0.2, -0.15) is 0 Å². The zero-order valence-electron chi connectivity index (χ0n) is 54.6. The van der Waals surface area contributed by atoms with E-state index in [9.17, 15) is 0 Å². The lowest BCUT2D eigenvalue weighted by molar-refractivity contribution is 0.598. The van der Waals surface area contributed by atoms with Gasteiger partial charge in [0.25, 0.3) is 0 Å². The Kier molecular flexibility index (Phi) is 14.3. The molecule has 0 saturated carbocycles. The van der Waals surface area contributed by atoms with Crippen molar-refractivity contribution >= 4 is 32.8 Å². The SMILES string of the molecule is CC1(C)c2ccccc2C(c2ccc(-c3nc4ccccc4n3-c3ccccc3)cc2)c2cc3c4ccccc4n(-c4cc(-c5cccc(-c6cc(-c7ccccc7)cc(-c7ccccc7)c6)c5)cc(-c5cccc(-c6cc(-c7ccccc7)cc(-c7ccccc7)c6)c5)c4)c3cc21. The average molecular weight is 1250 g/mol. The van der Waals surface area contributed by atoms with Crippen LogP contribution in [0.3, 0.4) is 0 Å². The van der Waals surface area contributed by atoms with Gasteiger partial charge >= 0.3 is 0 Å². The number of imidazole rings is 1. The minimum atomic E-state index is -0.331. The monoisotopic (exact) mass is 1250 g/mol. The quantitative estimate of drug-likeness (QED) is 0.120. The second-order valence-electron chi connectivity index (χ2n) is 26.7. The molecule has 3 nitrogen and oxygen atoms in total. The summed E-state index contributed by atoms with van der Waals surface area (Å²) in [5, 5.41) is 2.44. The van der Waals surface area contributed by atoms with Crippen LogP contribution >= 0.6 is 0 Å². The average Bonchev–Trinajstić information content (AvgIpc) is 1.37. The highest BCUT2D eigenvalue weighted by Gasteiger charge is 2.39. The standard InChI is InChI=1S/C95H67N3/c1-95(2)87-42-20-18-41-84(87)93(67-46-48-68(49-47-67)94-96-89-43-21-23-45-91(89)98(94)81-38-16-7-17-39-81)86-61-85-83-40-19-22-44-90(83)97(92(85)62-88(86)95)82-59-79(71-36-24-34-69(50-71)77-54-73(63-26-8-3-9-27-63)52-74(55-77)64-28-10-4-11-29-64)58-80(60-82)72-37-25-35-70(51-72)78-56-75(65-30-12-5-13-31-65)53-76(57-78)66-32-14-6-15-33-66/h3-62,93H,1-2H3. The number of hydrogen-bond acceptors (Lipinski definition) is 1. The molecule has 98 heavy (non-hydrogen) atoms. The molecule has 0 radical (unpaired) electrons. The van der Waals surface area contributed by atoms with Crippen LogP contribution in [-0.2, 0) is 5.41 Å². The highest BCUT2D eigenvalue weighted by molar-refractivity contribution is 6.10. The highest BCUT2D eigenvalue weighted by atomic mass is 15.1. The Labute approximate surface area is 572 Å². The first-order valence-corrected chi connectivity index (χ1v) is 34.0. The Morgan fingerprint density at radius 3 is 1.15 bits per heavy atom. The van der Waals surface area contributed by atoms with Crippen LogP contribution in [0.5, 0.6) is 0 Å². The fraction of sp³-hybridized carbons (Fsp3) is 0.0421. The number of fused-ring (bicyclic) bond motifs is 6. The van der Waals surface area contributed by atoms with Gasteiger partial charge in [0.1, 0.15) is 5.82 Å². The Balaban J connectivity index is 0.822. The van der Waals surface area contributed by atoms with Crippen LogP contribution in [0.25, 0.3) is 145 Å². The molecule has 0 bridgehead atoms. The third kappa shape index (κ3) is 10.4. The summed E-state index contributed by atoms with van der Waals surface area (Å²) >= 11 is 0. The van der Waals surface area contributed by atoms with E-state index < -0.39 is 0 Å². The molecule has 17 aromatic rings. The molecular formula is C95H67N3. The van der Waals surface area contributed by atoms with E-state index in [1.165, 1.54) is 99.7 Å². The van der Waals surface area contributed by atoms with E-state index in [2.05, 4.69) is 387 Å². The zero-order chi connectivity index (χ0) is 65.3. The van der Waals surface area contributed by atoms with E-state index in [0.29, 0.717) is 0 Å². The predicted molar refractivity (Wildman–Crippen MR) is 410 cm³/mol. The van der Waals surface area contributed by atoms with Gasteiger partial charge in [0.05, 0.1) is 22.1 Å². The summed E-state index contributed by atoms with van der Waals surface area (Å²) in [6, 6.07) is 134. The van der Waals surface area contributed by atoms with Crippen LogP contribution in [0.4, 0.5) is 0 Å². The molecule has 0 aliphatic heterocycles. The molecular weight excluding hydrogens is 1180 g/mol. The van der Waals surface area contributed by atoms with Crippen molar-refractivity contribution in [3.05, 3.63) is 392 Å². The first-order chi connectivity index (χ1) is 48.3. The molecule has 0 amide bonds. The number of para-hydroxylation sites is 4. The molecule has 3 heteroatoms. The number of aromatic nitrogens is 3. The van der Waals surface area contributed by atoms with Crippen LogP contribution in [0.1, 0.15) is 47.6 Å². The molecule has 2 aromatic heterocycles. The van der Waals surface area contributed by atoms with E-state index in [0.717, 1.165) is 72.7 Å². The fourth-order valence-electron chi connectivity index (χ4n) is 15.6. The van der Waals surface area contributed by atoms with Crippen LogP contribution in [-0.4, -0.2) is 14.1 Å². The van der Waals surface area contributed by atoms with Crippen molar-refractivity contribution in [1.82, 2.24) is 14.1 Å². The molecule has 0 N–H and O–H groups in total. The molecule has 1 aliphatic carbocycles. The van der Waals surface area contributed by atoms with Gasteiger partial charge in [-0.1, -0.05) is 269 Å². The van der Waals surface area contributed by atoms with Crippen LogP contribution in [0.15, 0.2) is 364 Å². The van der Waals surface area contributed by atoms with Crippen molar-refractivity contribution in [3.8, 4) is 112 Å². The summed E-state index contributed by atoms with van der Waals surface area (Å²) in [5.41, 5.74) is 32.5. The molecule has 15 aromatic carbocycles. The summed E-state index contributed by atoms with van der Waals surface area (Å²) < 4.78 is 4.84. The minimum absolute atomic E-state index is 0.0217. The van der Waals surface area contributed by atoms with Crippen LogP contribution in [0.2, 0.25) is 0 Å². The predicted octanol–water partition coefficient (Wildman–Crippen LogP) is 24.9. The Morgan fingerprint density at radius 1 is 0.245 bits per heavy atom. The second kappa shape index (κ2) is 24.1. The Morgan fingerprint density at radius 2 is 0.643 bits per heavy atom. The summed E-state index contributed by atoms with van der Waals surface area (Å²) in [7, 11) is 0. The van der Waals surface area contributed by atoms with Gasteiger partial charge in [-0.05, 0) is 226 Å². The number of rotatable bonds is 12. The van der Waals surface area contributed by atoms with Gasteiger partial charge in [0, 0.05) is 39.0 Å². The lowest BCUT2D eigenvalue weighted by atomic mass is 9.63. The van der Waals surface area contributed by atoms with E-state index in [-0.39, 0.29) is 11.3 Å². The zero-order valence-corrected chi connectivity index (χ0v) is 54.6. The molecule has 1 unspecified atom stereocenters. The molecule has 462 valence electrons. The second-order valence-corrected chi connectivity index (χ2v) is 26.7. The van der Waals surface area contributed by atoms with Gasteiger partial charge in [-0.25, -0.2) is 4.98 Å². The highest BCUT2D eigenvalue weighted by Crippen LogP contribution is 2.52. The number of nitrogens with zero attached hydrogens (tertiary/aromatic N) is 3. The molecule has 0 saturated heterocycles. The maximum absolute atomic E-state index is 5.27. The summed E-state index contributed by atoms with van der Waals surface area (Å²) in [6.45, 7) is 4.85. The van der Waals surface area contributed by atoms with Gasteiger partial charge in [-0.15, -0.1) is 0 Å². The molecule has 2 heterocycles. The van der Waals surface area contributed by atoms with Crippen molar-refractivity contribution in [2.24, 2.45) is 0 Å². The summed E-state index contributed by atoms with van der Waals surface area (Å²) in [4.78, 5) is 5.27. The van der Waals surface area contributed by atoms with Crippen molar-refractivity contribution in [2.45, 2.75) is 25.2 Å². The maximum Gasteiger partial charge on any atom is 0.145 e. The molecule has 0 spiro atoms. The van der Waals surface area contributed by atoms with E-state index in [1.807, 2.05) is 0 Å². The number of hydrogen-bond donors (Lipinski definition) is 0. The van der Waals surface area contributed by atoms with Crippen LogP contribution < -0.4 is 0 Å². The van der Waals surface area contributed by atoms with Crippen molar-refractivity contribution in [3.63, 3.8) is 0 Å². The molecule has 18 rings (SSSR count). The Hall–Kier alpha value is -12.4. The molecule has 1 aliphatic rings. The van der Waals surface area contributed by atoms with E-state index in [1.54, 1.807) is 0 Å². The van der Waals surface area contributed by atoms with Gasteiger partial charge < -0.3 is 4.57 Å². The summed E-state index contributed by atoms with van der Waals surface area (Å²) in [5.74, 6) is 0.903. The minimum Gasteiger partial charge on any atom is -0.309 e. The van der Waals surface area contributed by atoms with Crippen molar-refractivity contribution in [2.75, 3.05) is 0 Å². The van der Waals surface area contributed by atoms with Gasteiger partial charge in [-0.3, -0.25) is 4.57 Å². The van der Waals surface area contributed by atoms with Crippen LogP contribution in [0, 0.1) is 0 Å². The van der Waals surface area contributed by atoms with E-state index in [4.69, 9.17) is 4.98 Å². The molecule has 1 atom stereocenters. The third-order valence-electron chi connectivity index (χ3n) is 20.4. The molecule has 0 fully saturated rings.